The minimum Gasteiger partial charge on any atom is -0.492 e. The largest absolute Gasteiger partial charge is 0.492 e. The van der Waals surface area contributed by atoms with Crippen molar-refractivity contribution in [1.29, 1.82) is 0 Å². The number of rotatable bonds is 9. The number of fused-ring (bicyclic) bond motifs is 1. The number of hydrogen-bond donors (Lipinski definition) is 2. The summed E-state index contributed by atoms with van der Waals surface area (Å²) in [7, 11) is 0. The second kappa shape index (κ2) is 10.4. The van der Waals surface area contributed by atoms with E-state index in [0.717, 1.165) is 10.2 Å². The zero-order valence-electron chi connectivity index (χ0n) is 16.5. The Bertz CT molecular complexity index is 973. The van der Waals surface area contributed by atoms with Crippen LogP contribution in [0.5, 0.6) is 16.7 Å². The van der Waals surface area contributed by atoms with Gasteiger partial charge in [-0.1, -0.05) is 23.5 Å². The van der Waals surface area contributed by atoms with Crippen molar-refractivity contribution >= 4 is 33.4 Å². The zero-order valence-corrected chi connectivity index (χ0v) is 17.3. The van der Waals surface area contributed by atoms with E-state index in [4.69, 9.17) is 25.9 Å². The minimum atomic E-state index is -0.443. The molecule has 0 fully saturated rings. The summed E-state index contributed by atoms with van der Waals surface area (Å²) < 4.78 is 17.4. The van der Waals surface area contributed by atoms with Crippen LogP contribution in [0.2, 0.25) is 0 Å². The molecule has 2 aromatic carbocycles. The quantitative estimate of drug-likeness (QED) is 0.175. The van der Waals surface area contributed by atoms with Crippen LogP contribution < -0.4 is 21.2 Å². The number of amidine groups is 1. The summed E-state index contributed by atoms with van der Waals surface area (Å²) in [5.41, 5.74) is 0.909. The van der Waals surface area contributed by atoms with E-state index in [-0.39, 0.29) is 25.5 Å². The van der Waals surface area contributed by atoms with Gasteiger partial charge in [0.05, 0.1) is 23.4 Å². The number of hydrogen-bond acceptors (Lipinski definition) is 9. The van der Waals surface area contributed by atoms with Crippen LogP contribution in [0.4, 0.5) is 0 Å². The van der Waals surface area contributed by atoms with Crippen molar-refractivity contribution in [2.45, 2.75) is 13.3 Å². The minimum absolute atomic E-state index is 0.0986. The van der Waals surface area contributed by atoms with E-state index in [9.17, 15) is 4.79 Å². The summed E-state index contributed by atoms with van der Waals surface area (Å²) >= 11 is 1.49. The molecule has 0 aliphatic rings. The Morgan fingerprint density at radius 2 is 1.90 bits per heavy atom. The van der Waals surface area contributed by atoms with Crippen LogP contribution in [-0.4, -0.2) is 41.6 Å². The van der Waals surface area contributed by atoms with Crippen molar-refractivity contribution < 1.29 is 19.0 Å². The lowest BCUT2D eigenvalue weighted by atomic mass is 10.3. The van der Waals surface area contributed by atoms with Crippen LogP contribution in [0, 0.1) is 0 Å². The van der Waals surface area contributed by atoms with Crippen LogP contribution in [0.15, 0.2) is 53.6 Å². The Labute approximate surface area is 177 Å². The molecule has 3 aromatic rings. The molecule has 0 bridgehead atoms. The highest BCUT2D eigenvalue weighted by atomic mass is 32.1. The number of benzene rings is 2. The van der Waals surface area contributed by atoms with Crippen LogP contribution in [0.1, 0.15) is 13.3 Å². The summed E-state index contributed by atoms with van der Waals surface area (Å²) in [5.74, 6) is 12.3. The second-order valence-corrected chi connectivity index (χ2v) is 7.08. The van der Waals surface area contributed by atoms with Gasteiger partial charge in [0.1, 0.15) is 30.4 Å². The lowest BCUT2D eigenvalue weighted by Gasteiger charge is -2.19. The zero-order chi connectivity index (χ0) is 21.3. The molecular formula is C20H23N5O4S. The monoisotopic (exact) mass is 429 g/mol. The fourth-order valence-electron chi connectivity index (χ4n) is 2.55. The number of ether oxygens (including phenoxy) is 3. The topological polar surface area (TPSA) is 125 Å². The molecule has 1 heterocycles. The molecule has 0 radical (unpaired) electrons. The van der Waals surface area contributed by atoms with Crippen LogP contribution in [0.3, 0.4) is 0 Å². The van der Waals surface area contributed by atoms with Gasteiger partial charge < -0.3 is 20.1 Å². The van der Waals surface area contributed by atoms with E-state index in [1.54, 1.807) is 31.2 Å². The van der Waals surface area contributed by atoms with Crippen molar-refractivity contribution in [3.63, 3.8) is 0 Å². The van der Waals surface area contributed by atoms with Crippen molar-refractivity contribution in [3.8, 4) is 16.7 Å². The molecule has 30 heavy (non-hydrogen) atoms. The first-order valence-corrected chi connectivity index (χ1v) is 10.1. The number of carbonyl (C=O) groups excluding carboxylic acids is 1. The Kier molecular flexibility index (Phi) is 7.41. The number of aromatic nitrogens is 1. The number of hydrazine groups is 1. The van der Waals surface area contributed by atoms with E-state index < -0.39 is 5.97 Å². The standard InChI is InChI=1S/C20H23N5O4S/c1-2-27-19(26)13-18(24-21)25(22)11-12-28-14-7-9-15(10-8-14)29-20-23-16-5-3-4-6-17(16)30-20/h3-10H,2,11-13,21-22H2,1H3/b24-18-. The van der Waals surface area contributed by atoms with Gasteiger partial charge in [0.15, 0.2) is 0 Å². The molecule has 0 spiro atoms. The fraction of sp³-hybridized carbons (Fsp3) is 0.250. The number of thiazole rings is 1. The third-order valence-corrected chi connectivity index (χ3v) is 4.91. The Morgan fingerprint density at radius 1 is 1.17 bits per heavy atom. The Balaban J connectivity index is 1.47. The Hall–Kier alpha value is -3.37. The number of nitrogens with zero attached hydrogens (tertiary/aromatic N) is 3. The third-order valence-electron chi connectivity index (χ3n) is 3.99. The van der Waals surface area contributed by atoms with Crippen LogP contribution in [-0.2, 0) is 9.53 Å². The summed E-state index contributed by atoms with van der Waals surface area (Å²) in [6, 6.07) is 15.1. The molecule has 0 atom stereocenters. The van der Waals surface area contributed by atoms with E-state index in [1.165, 1.54) is 16.3 Å². The van der Waals surface area contributed by atoms with E-state index in [1.807, 2.05) is 24.3 Å². The molecular weight excluding hydrogens is 406 g/mol. The molecule has 4 N–H and O–H groups in total. The first-order valence-electron chi connectivity index (χ1n) is 9.30. The van der Waals surface area contributed by atoms with E-state index >= 15 is 0 Å². The molecule has 0 aliphatic heterocycles. The molecule has 0 saturated carbocycles. The fourth-order valence-corrected chi connectivity index (χ4v) is 3.39. The average molecular weight is 430 g/mol. The molecule has 0 amide bonds. The molecule has 1 aromatic heterocycles. The highest BCUT2D eigenvalue weighted by molar-refractivity contribution is 7.20. The maximum Gasteiger partial charge on any atom is 0.313 e. The highest BCUT2D eigenvalue weighted by Crippen LogP contribution is 2.31. The number of nitrogens with two attached hydrogens (primary N) is 2. The number of carbonyl (C=O) groups is 1. The molecule has 9 nitrogen and oxygen atoms in total. The number of hydrazone groups is 1. The van der Waals surface area contributed by atoms with Gasteiger partial charge in [-0.2, -0.15) is 5.10 Å². The van der Waals surface area contributed by atoms with E-state index in [2.05, 4.69) is 10.1 Å². The van der Waals surface area contributed by atoms with Crippen LogP contribution in [0.25, 0.3) is 10.2 Å². The number of para-hydroxylation sites is 1. The van der Waals surface area contributed by atoms with Gasteiger partial charge >= 0.3 is 5.97 Å². The first kappa shape index (κ1) is 21.3. The first-order chi connectivity index (χ1) is 14.6. The molecule has 158 valence electrons. The van der Waals surface area contributed by atoms with Gasteiger partial charge in [-0.25, -0.2) is 10.8 Å². The highest BCUT2D eigenvalue weighted by Gasteiger charge is 2.13. The predicted octanol–water partition coefficient (Wildman–Crippen LogP) is 2.87. The molecule has 0 saturated heterocycles. The maximum absolute atomic E-state index is 11.5. The van der Waals surface area contributed by atoms with Crippen molar-refractivity contribution in [2.75, 3.05) is 19.8 Å². The summed E-state index contributed by atoms with van der Waals surface area (Å²) in [6.45, 7) is 2.57. The van der Waals surface area contributed by atoms with Gasteiger partial charge in [-0.15, -0.1) is 0 Å². The predicted molar refractivity (Wildman–Crippen MR) is 115 cm³/mol. The lowest BCUT2D eigenvalue weighted by molar-refractivity contribution is -0.141. The van der Waals surface area contributed by atoms with Gasteiger partial charge in [0.2, 0.25) is 0 Å². The maximum atomic E-state index is 11.5. The summed E-state index contributed by atoms with van der Waals surface area (Å²) in [6.07, 6.45) is -0.0986. The smallest absolute Gasteiger partial charge is 0.313 e. The SMILES string of the molecule is CCOC(=O)C/C(=N/N)N(N)CCOc1ccc(Oc2nc3ccccc3s2)cc1. The van der Waals surface area contributed by atoms with Gasteiger partial charge in [-0.3, -0.25) is 9.80 Å². The lowest BCUT2D eigenvalue weighted by Crippen LogP contribution is -2.42. The van der Waals surface area contributed by atoms with Gasteiger partial charge in [0.25, 0.3) is 5.19 Å². The van der Waals surface area contributed by atoms with Crippen molar-refractivity contribution in [1.82, 2.24) is 9.99 Å². The van der Waals surface area contributed by atoms with Crippen molar-refractivity contribution in [2.24, 2.45) is 16.8 Å². The third kappa shape index (κ3) is 5.82. The second-order valence-electron chi connectivity index (χ2n) is 6.09. The molecule has 10 heteroatoms. The summed E-state index contributed by atoms with van der Waals surface area (Å²) in [5, 5.41) is 5.39. The Morgan fingerprint density at radius 3 is 2.60 bits per heavy atom. The normalized spacial score (nSPS) is 11.3. The van der Waals surface area contributed by atoms with E-state index in [0.29, 0.717) is 23.2 Å². The molecule has 0 aliphatic carbocycles. The average Bonchev–Trinajstić information content (AvgIpc) is 3.15. The molecule has 0 unspecified atom stereocenters. The van der Waals surface area contributed by atoms with Gasteiger partial charge in [-0.05, 0) is 43.3 Å². The van der Waals surface area contributed by atoms with Gasteiger partial charge in [0, 0.05) is 0 Å². The van der Waals surface area contributed by atoms with Crippen LogP contribution >= 0.6 is 11.3 Å². The van der Waals surface area contributed by atoms with Crippen molar-refractivity contribution in [3.05, 3.63) is 48.5 Å². The number of esters is 1. The molecule has 3 rings (SSSR count). The summed E-state index contributed by atoms with van der Waals surface area (Å²) in [4.78, 5) is 16.0.